The van der Waals surface area contributed by atoms with E-state index in [1.54, 1.807) is 27.2 Å². The van der Waals surface area contributed by atoms with Crippen molar-refractivity contribution in [2.45, 2.75) is 24.8 Å². The highest BCUT2D eigenvalue weighted by atomic mass is 32.1. The average molecular weight is 459 g/mol. The maximum atomic E-state index is 13.3. The lowest BCUT2D eigenvalue weighted by Crippen LogP contribution is -2.53. The number of urea groups is 1. The number of thiophene rings is 2. The Hall–Kier alpha value is -2.72. The van der Waals surface area contributed by atoms with Crippen molar-refractivity contribution in [2.24, 2.45) is 0 Å². The summed E-state index contributed by atoms with van der Waals surface area (Å²) in [7, 11) is 0. The first-order valence-corrected chi connectivity index (χ1v) is 12.1. The first-order valence-electron chi connectivity index (χ1n) is 10.3. The molecule has 162 valence electrons. The van der Waals surface area contributed by atoms with Crippen LogP contribution in [0.2, 0.25) is 0 Å². The number of carbonyl (C=O) groups excluding carboxylic acids is 4. The Morgan fingerprint density at radius 3 is 2.55 bits per heavy atom. The number of hydrogen-bond donors (Lipinski definition) is 1. The van der Waals surface area contributed by atoms with Crippen molar-refractivity contribution in [2.75, 3.05) is 32.7 Å². The summed E-state index contributed by atoms with van der Waals surface area (Å²) in [6.45, 7) is 1.37. The lowest BCUT2D eigenvalue weighted by atomic mass is 9.80. The summed E-state index contributed by atoms with van der Waals surface area (Å²) >= 11 is 3.00. The van der Waals surface area contributed by atoms with Crippen molar-refractivity contribution in [1.29, 1.82) is 0 Å². The first-order chi connectivity index (χ1) is 15.0. The summed E-state index contributed by atoms with van der Waals surface area (Å²) < 4.78 is 0. The van der Waals surface area contributed by atoms with Crippen LogP contribution in [-0.2, 0) is 21.5 Å². The maximum Gasteiger partial charge on any atom is 0.325 e. The number of nitrogens with one attached hydrogen (secondary N) is 1. The van der Waals surface area contributed by atoms with Crippen LogP contribution in [0.5, 0.6) is 0 Å². The van der Waals surface area contributed by atoms with Gasteiger partial charge in [0.2, 0.25) is 5.91 Å². The first kappa shape index (κ1) is 20.2. The zero-order chi connectivity index (χ0) is 21.6. The van der Waals surface area contributed by atoms with Gasteiger partial charge in [-0.25, -0.2) is 4.79 Å². The van der Waals surface area contributed by atoms with Crippen LogP contribution in [0.15, 0.2) is 29.0 Å². The molecule has 2 saturated heterocycles. The molecule has 0 unspecified atom stereocenters. The van der Waals surface area contributed by atoms with Crippen LogP contribution >= 0.6 is 22.7 Å². The van der Waals surface area contributed by atoms with Crippen molar-refractivity contribution < 1.29 is 19.2 Å². The van der Waals surface area contributed by atoms with Gasteiger partial charge in [0.15, 0.2) is 0 Å². The van der Waals surface area contributed by atoms with Gasteiger partial charge in [-0.2, -0.15) is 0 Å². The molecule has 10 heteroatoms. The van der Waals surface area contributed by atoms with Gasteiger partial charge in [0.25, 0.3) is 11.8 Å². The van der Waals surface area contributed by atoms with Crippen molar-refractivity contribution in [3.8, 4) is 0 Å². The molecule has 5 rings (SSSR count). The second-order valence-electron chi connectivity index (χ2n) is 7.99. The van der Waals surface area contributed by atoms with E-state index in [0.717, 1.165) is 28.2 Å². The number of fused-ring (bicyclic) bond motifs is 2. The Bertz CT molecular complexity index is 1040. The molecule has 5 amide bonds. The van der Waals surface area contributed by atoms with E-state index in [1.165, 1.54) is 11.3 Å². The minimum atomic E-state index is -1.03. The third kappa shape index (κ3) is 3.34. The van der Waals surface area contributed by atoms with Crippen LogP contribution in [0.3, 0.4) is 0 Å². The van der Waals surface area contributed by atoms with E-state index in [4.69, 9.17) is 0 Å². The van der Waals surface area contributed by atoms with Crippen LogP contribution in [0.4, 0.5) is 4.79 Å². The number of hydrogen-bond acceptors (Lipinski definition) is 6. The highest BCUT2D eigenvalue weighted by Gasteiger charge is 2.54. The molecule has 1 aliphatic carbocycles. The largest absolute Gasteiger partial charge is 0.338 e. The van der Waals surface area contributed by atoms with Gasteiger partial charge >= 0.3 is 6.03 Å². The number of piperazine rings is 1. The molecule has 2 aliphatic heterocycles. The normalized spacial score (nSPS) is 23.3. The molecule has 2 fully saturated rings. The fraction of sp³-hybridized carbons (Fsp3) is 0.429. The zero-order valence-corrected chi connectivity index (χ0v) is 18.5. The summed E-state index contributed by atoms with van der Waals surface area (Å²) in [5.74, 6) is -0.635. The summed E-state index contributed by atoms with van der Waals surface area (Å²) in [5.41, 5.74) is -0.158. The number of imide groups is 1. The van der Waals surface area contributed by atoms with Gasteiger partial charge < -0.3 is 15.1 Å². The van der Waals surface area contributed by atoms with E-state index in [2.05, 4.69) is 5.32 Å². The van der Waals surface area contributed by atoms with Crippen molar-refractivity contribution in [3.63, 3.8) is 0 Å². The van der Waals surface area contributed by atoms with Gasteiger partial charge in [-0.15, -0.1) is 22.7 Å². The Labute approximate surface area is 187 Å². The fourth-order valence-electron chi connectivity index (χ4n) is 4.64. The average Bonchev–Trinajstić information content (AvgIpc) is 3.52. The molecule has 8 nitrogen and oxygen atoms in total. The van der Waals surface area contributed by atoms with E-state index < -0.39 is 11.6 Å². The molecule has 1 spiro atoms. The summed E-state index contributed by atoms with van der Waals surface area (Å²) in [5, 5.41) is 6.69. The van der Waals surface area contributed by atoms with Crippen molar-refractivity contribution in [3.05, 3.63) is 44.3 Å². The molecule has 2 aromatic rings. The maximum absolute atomic E-state index is 13.3. The lowest BCUT2D eigenvalue weighted by molar-refractivity contribution is -0.140. The van der Waals surface area contributed by atoms with Gasteiger partial charge in [0.05, 0.1) is 4.88 Å². The Morgan fingerprint density at radius 2 is 1.81 bits per heavy atom. The highest BCUT2D eigenvalue weighted by molar-refractivity contribution is 7.12. The van der Waals surface area contributed by atoms with Crippen LogP contribution in [0.25, 0.3) is 0 Å². The summed E-state index contributed by atoms with van der Waals surface area (Å²) in [6, 6.07) is 5.03. The third-order valence-electron chi connectivity index (χ3n) is 6.28. The van der Waals surface area contributed by atoms with Gasteiger partial charge in [-0.1, -0.05) is 6.07 Å². The van der Waals surface area contributed by atoms with E-state index in [9.17, 15) is 19.2 Å². The van der Waals surface area contributed by atoms with Gasteiger partial charge in [-0.05, 0) is 42.2 Å². The minimum absolute atomic E-state index is 0.0259. The van der Waals surface area contributed by atoms with Crippen molar-refractivity contribution in [1.82, 2.24) is 20.0 Å². The molecule has 1 atom stereocenters. The Morgan fingerprint density at radius 1 is 1.03 bits per heavy atom. The fourth-order valence-corrected chi connectivity index (χ4v) is 6.33. The smallest absolute Gasteiger partial charge is 0.325 e. The molecular formula is C21H22N4O4S2. The molecule has 0 saturated carbocycles. The molecule has 1 N–H and O–H groups in total. The van der Waals surface area contributed by atoms with Crippen molar-refractivity contribution >= 4 is 46.4 Å². The number of rotatable bonds is 3. The quantitative estimate of drug-likeness (QED) is 0.711. The monoisotopic (exact) mass is 458 g/mol. The molecule has 31 heavy (non-hydrogen) atoms. The summed E-state index contributed by atoms with van der Waals surface area (Å²) in [6.07, 6.45) is 2.28. The third-order valence-corrected chi connectivity index (χ3v) is 8.12. The van der Waals surface area contributed by atoms with Gasteiger partial charge in [-0.3, -0.25) is 19.3 Å². The van der Waals surface area contributed by atoms with Crippen LogP contribution < -0.4 is 5.32 Å². The summed E-state index contributed by atoms with van der Waals surface area (Å²) in [4.78, 5) is 57.5. The second-order valence-corrected chi connectivity index (χ2v) is 9.94. The second kappa shape index (κ2) is 7.76. The number of nitrogens with zero attached hydrogens (tertiary/aromatic N) is 3. The van der Waals surface area contributed by atoms with Crippen LogP contribution in [0.1, 0.15) is 33.0 Å². The molecule has 0 aromatic carbocycles. The number of aryl methyl sites for hydroxylation is 1. The number of carbonyl (C=O) groups is 4. The topological polar surface area (TPSA) is 90.0 Å². The predicted molar refractivity (Wildman–Crippen MR) is 116 cm³/mol. The minimum Gasteiger partial charge on any atom is -0.338 e. The van der Waals surface area contributed by atoms with E-state index in [1.807, 2.05) is 22.9 Å². The Balaban J connectivity index is 1.23. The Kier molecular flexibility index (Phi) is 5.05. The highest BCUT2D eigenvalue weighted by Crippen LogP contribution is 2.42. The number of amides is 5. The standard InChI is InChI=1S/C21H22N4O4S2/c26-17(23-7-9-24(10-8-23)18(27)16-4-2-11-30-16)13-25-19(28)21(22-20(25)29)6-1-3-15-14(21)5-12-31-15/h2,4-5,11-12H,1,3,6-10,13H2,(H,22,29)/t21-/m1/s1. The molecule has 2 aromatic heterocycles. The molecular weight excluding hydrogens is 436 g/mol. The predicted octanol–water partition coefficient (Wildman–Crippen LogP) is 1.88. The SMILES string of the molecule is O=C(CN1C(=O)N[C@@]2(CCCc3sccc32)C1=O)N1CCN(C(=O)c2cccs2)CC1. The van der Waals surface area contributed by atoms with Gasteiger partial charge in [0, 0.05) is 36.6 Å². The molecule has 3 aliphatic rings. The lowest BCUT2D eigenvalue weighted by Gasteiger charge is -2.35. The molecule has 0 radical (unpaired) electrons. The van der Waals surface area contributed by atoms with E-state index >= 15 is 0 Å². The van der Waals surface area contributed by atoms with Crippen LogP contribution in [-0.4, -0.2) is 71.2 Å². The molecule has 0 bridgehead atoms. The van der Waals surface area contributed by atoms with E-state index in [0.29, 0.717) is 37.5 Å². The van der Waals surface area contributed by atoms with Gasteiger partial charge in [0.1, 0.15) is 12.1 Å². The zero-order valence-electron chi connectivity index (χ0n) is 16.8. The van der Waals surface area contributed by atoms with E-state index in [-0.39, 0.29) is 24.3 Å². The van der Waals surface area contributed by atoms with Crippen LogP contribution in [0, 0.1) is 0 Å². The molecule has 4 heterocycles.